The highest BCUT2D eigenvalue weighted by Gasteiger charge is 2.14. The van der Waals surface area contributed by atoms with Gasteiger partial charge in [0.2, 0.25) is 0 Å². The summed E-state index contributed by atoms with van der Waals surface area (Å²) in [5.41, 5.74) is 0.0957. The number of phenols is 2. The molecule has 1 unspecified atom stereocenters. The van der Waals surface area contributed by atoms with E-state index >= 15 is 0 Å². The molecule has 1 aromatic carbocycles. The molecule has 1 aromatic rings. The van der Waals surface area contributed by atoms with Gasteiger partial charge in [-0.05, 0) is 30.9 Å². The lowest BCUT2D eigenvalue weighted by molar-refractivity contribution is 0.0940. The molecule has 0 aromatic heterocycles. The third kappa shape index (κ3) is 4.19. The molecule has 4 nitrogen and oxygen atoms in total. The maximum atomic E-state index is 11.8. The fourth-order valence-electron chi connectivity index (χ4n) is 1.34. The highest BCUT2D eigenvalue weighted by molar-refractivity contribution is 7.99. The largest absolute Gasteiger partial charge is 0.508 e. The van der Waals surface area contributed by atoms with Gasteiger partial charge in [-0.15, -0.1) is 0 Å². The highest BCUT2D eigenvalue weighted by atomic mass is 32.2. The lowest BCUT2D eigenvalue weighted by Crippen LogP contribution is -2.34. The number of carbonyl (C=O) groups is 1. The van der Waals surface area contributed by atoms with E-state index in [0.29, 0.717) is 0 Å². The van der Waals surface area contributed by atoms with Gasteiger partial charge in [-0.25, -0.2) is 0 Å². The van der Waals surface area contributed by atoms with Gasteiger partial charge in [0.25, 0.3) is 5.91 Å². The molecule has 3 N–H and O–H groups in total. The van der Waals surface area contributed by atoms with Crippen LogP contribution in [0.5, 0.6) is 11.5 Å². The van der Waals surface area contributed by atoms with E-state index in [1.54, 1.807) is 11.8 Å². The number of nitrogens with one attached hydrogen (secondary N) is 1. The van der Waals surface area contributed by atoms with Crippen molar-refractivity contribution in [1.82, 2.24) is 5.32 Å². The SMILES string of the molecule is CCSCC(C)NC(=O)c1cc(O)ccc1O. The van der Waals surface area contributed by atoms with Crippen LogP contribution in [-0.4, -0.2) is 33.7 Å². The number of amides is 1. The van der Waals surface area contributed by atoms with E-state index < -0.39 is 0 Å². The summed E-state index contributed by atoms with van der Waals surface area (Å²) >= 11 is 1.73. The van der Waals surface area contributed by atoms with Crippen LogP contribution in [0.3, 0.4) is 0 Å². The van der Waals surface area contributed by atoms with E-state index in [2.05, 4.69) is 12.2 Å². The Labute approximate surface area is 105 Å². The van der Waals surface area contributed by atoms with Crippen LogP contribution < -0.4 is 5.32 Å². The van der Waals surface area contributed by atoms with Crippen LogP contribution in [0, 0.1) is 0 Å². The first-order valence-corrected chi connectivity index (χ1v) is 6.60. The van der Waals surface area contributed by atoms with E-state index in [9.17, 15) is 15.0 Å². The van der Waals surface area contributed by atoms with Crippen molar-refractivity contribution in [3.8, 4) is 11.5 Å². The smallest absolute Gasteiger partial charge is 0.255 e. The Balaban J connectivity index is 2.66. The van der Waals surface area contributed by atoms with Crippen LogP contribution >= 0.6 is 11.8 Å². The molecule has 0 aliphatic rings. The minimum Gasteiger partial charge on any atom is -0.508 e. The summed E-state index contributed by atoms with van der Waals surface area (Å²) in [6.45, 7) is 3.96. The maximum Gasteiger partial charge on any atom is 0.255 e. The summed E-state index contributed by atoms with van der Waals surface area (Å²) in [6, 6.07) is 3.91. The Morgan fingerprint density at radius 1 is 1.47 bits per heavy atom. The summed E-state index contributed by atoms with van der Waals surface area (Å²) < 4.78 is 0. The third-order valence-electron chi connectivity index (χ3n) is 2.17. The molecule has 0 radical (unpaired) electrons. The molecule has 1 atom stereocenters. The Hall–Kier alpha value is -1.36. The van der Waals surface area contributed by atoms with Crippen molar-refractivity contribution in [2.24, 2.45) is 0 Å². The molecule has 0 fully saturated rings. The van der Waals surface area contributed by atoms with E-state index in [-0.39, 0.29) is 29.0 Å². The molecule has 17 heavy (non-hydrogen) atoms. The summed E-state index contributed by atoms with van der Waals surface area (Å²) in [5.74, 6) is 1.28. The fraction of sp³-hybridized carbons (Fsp3) is 0.417. The zero-order valence-corrected chi connectivity index (χ0v) is 10.8. The molecular formula is C12H17NO3S. The molecule has 1 amide bonds. The van der Waals surface area contributed by atoms with Gasteiger partial charge < -0.3 is 15.5 Å². The highest BCUT2D eigenvalue weighted by Crippen LogP contribution is 2.21. The van der Waals surface area contributed by atoms with Crippen LogP contribution in [0.4, 0.5) is 0 Å². The number of carbonyl (C=O) groups excluding carboxylic acids is 1. The van der Waals surface area contributed by atoms with Crippen LogP contribution in [0.1, 0.15) is 24.2 Å². The predicted octanol–water partition coefficient (Wildman–Crippen LogP) is 1.97. The lowest BCUT2D eigenvalue weighted by Gasteiger charge is -2.13. The van der Waals surface area contributed by atoms with Crippen LogP contribution in [0.2, 0.25) is 0 Å². The van der Waals surface area contributed by atoms with Gasteiger partial charge in [0.15, 0.2) is 0 Å². The number of hydrogen-bond donors (Lipinski definition) is 3. The molecule has 0 spiro atoms. The quantitative estimate of drug-likeness (QED) is 0.704. The van der Waals surface area contributed by atoms with Crippen molar-refractivity contribution in [2.45, 2.75) is 19.9 Å². The molecule has 5 heteroatoms. The third-order valence-corrected chi connectivity index (χ3v) is 3.32. The maximum absolute atomic E-state index is 11.8. The number of thioether (sulfide) groups is 1. The van der Waals surface area contributed by atoms with Crippen molar-refractivity contribution in [2.75, 3.05) is 11.5 Å². The van der Waals surface area contributed by atoms with E-state index in [1.807, 2.05) is 6.92 Å². The lowest BCUT2D eigenvalue weighted by atomic mass is 10.1. The normalized spacial score (nSPS) is 12.1. The first-order chi connectivity index (χ1) is 8.04. The van der Waals surface area contributed by atoms with Crippen molar-refractivity contribution in [3.05, 3.63) is 23.8 Å². The molecule has 0 saturated heterocycles. The Bertz CT molecular complexity index is 395. The second kappa shape index (κ2) is 6.39. The number of phenolic OH excluding ortho intramolecular Hbond substituents is 2. The van der Waals surface area contributed by atoms with Crippen LogP contribution in [0.15, 0.2) is 18.2 Å². The topological polar surface area (TPSA) is 69.6 Å². The molecule has 0 aliphatic carbocycles. The fourth-order valence-corrected chi connectivity index (χ4v) is 2.02. The standard InChI is InChI=1S/C12H17NO3S/c1-3-17-7-8(2)13-12(16)10-6-9(14)4-5-11(10)15/h4-6,8,14-15H,3,7H2,1-2H3,(H,13,16). The van der Waals surface area contributed by atoms with Crippen LogP contribution in [-0.2, 0) is 0 Å². The average molecular weight is 255 g/mol. The molecule has 1 rings (SSSR count). The van der Waals surface area contributed by atoms with Gasteiger partial charge in [-0.2, -0.15) is 11.8 Å². The number of benzene rings is 1. The summed E-state index contributed by atoms with van der Waals surface area (Å²) in [6.07, 6.45) is 0. The summed E-state index contributed by atoms with van der Waals surface area (Å²) in [7, 11) is 0. The first kappa shape index (κ1) is 13.7. The van der Waals surface area contributed by atoms with Crippen LogP contribution in [0.25, 0.3) is 0 Å². The Morgan fingerprint density at radius 2 is 2.18 bits per heavy atom. The van der Waals surface area contributed by atoms with Gasteiger partial charge in [-0.3, -0.25) is 4.79 Å². The molecule has 0 aliphatic heterocycles. The van der Waals surface area contributed by atoms with Crippen molar-refractivity contribution in [3.63, 3.8) is 0 Å². The number of rotatable bonds is 5. The van der Waals surface area contributed by atoms with Gasteiger partial charge in [0.05, 0.1) is 5.56 Å². The van der Waals surface area contributed by atoms with Gasteiger partial charge in [0, 0.05) is 11.8 Å². The van der Waals surface area contributed by atoms with E-state index in [0.717, 1.165) is 11.5 Å². The first-order valence-electron chi connectivity index (χ1n) is 5.45. The predicted molar refractivity (Wildman–Crippen MR) is 69.7 cm³/mol. The molecule has 0 bridgehead atoms. The molecular weight excluding hydrogens is 238 g/mol. The van der Waals surface area contributed by atoms with Gasteiger partial charge in [0.1, 0.15) is 11.5 Å². The van der Waals surface area contributed by atoms with Gasteiger partial charge in [-0.1, -0.05) is 6.92 Å². The average Bonchev–Trinajstić information content (AvgIpc) is 2.29. The number of aromatic hydroxyl groups is 2. The van der Waals surface area contributed by atoms with Gasteiger partial charge >= 0.3 is 0 Å². The Morgan fingerprint density at radius 3 is 2.82 bits per heavy atom. The summed E-state index contributed by atoms with van der Waals surface area (Å²) in [4.78, 5) is 11.8. The zero-order valence-electron chi connectivity index (χ0n) is 9.93. The molecule has 94 valence electrons. The summed E-state index contributed by atoms with van der Waals surface area (Å²) in [5, 5.41) is 21.6. The minimum atomic E-state index is -0.373. The minimum absolute atomic E-state index is 0.0224. The van der Waals surface area contributed by atoms with Crippen molar-refractivity contribution in [1.29, 1.82) is 0 Å². The second-order valence-corrected chi connectivity index (χ2v) is 5.05. The second-order valence-electron chi connectivity index (χ2n) is 3.74. The zero-order chi connectivity index (χ0) is 12.8. The Kier molecular flexibility index (Phi) is 5.15. The number of hydrogen-bond acceptors (Lipinski definition) is 4. The van der Waals surface area contributed by atoms with Crippen molar-refractivity contribution < 1.29 is 15.0 Å². The van der Waals surface area contributed by atoms with E-state index in [4.69, 9.17) is 0 Å². The molecule has 0 heterocycles. The van der Waals surface area contributed by atoms with Crippen molar-refractivity contribution >= 4 is 17.7 Å². The molecule has 0 saturated carbocycles. The monoisotopic (exact) mass is 255 g/mol. The van der Waals surface area contributed by atoms with E-state index in [1.165, 1.54) is 18.2 Å².